The maximum atomic E-state index is 12.0. The van der Waals surface area contributed by atoms with Gasteiger partial charge >= 0.3 is 0 Å². The van der Waals surface area contributed by atoms with Crippen molar-refractivity contribution in [3.05, 3.63) is 58.3 Å². The molecule has 1 amide bonds. The average Bonchev–Trinajstić information content (AvgIpc) is 3.09. The van der Waals surface area contributed by atoms with E-state index in [2.05, 4.69) is 10.3 Å². The van der Waals surface area contributed by atoms with E-state index in [9.17, 15) is 4.79 Å². The molecule has 0 aliphatic carbocycles. The molecule has 1 N–H and O–H groups in total. The first-order chi connectivity index (χ1) is 10.6. The Morgan fingerprint density at radius 2 is 2.00 bits per heavy atom. The van der Waals surface area contributed by atoms with E-state index in [1.54, 1.807) is 11.3 Å². The van der Waals surface area contributed by atoms with Crippen molar-refractivity contribution in [3.63, 3.8) is 0 Å². The number of nitrogens with one attached hydrogen (secondary N) is 1. The normalized spacial score (nSPS) is 10.6. The zero-order valence-electron chi connectivity index (χ0n) is 12.4. The van der Waals surface area contributed by atoms with Gasteiger partial charge in [0.25, 0.3) is 0 Å². The van der Waals surface area contributed by atoms with Crippen LogP contribution in [0.1, 0.15) is 16.5 Å². The summed E-state index contributed by atoms with van der Waals surface area (Å²) in [5, 5.41) is 4.87. The molecular weight excluding hydrogens is 296 g/mol. The highest BCUT2D eigenvalue weighted by Gasteiger charge is 2.10. The van der Waals surface area contributed by atoms with Gasteiger partial charge in [-0.05, 0) is 30.5 Å². The molecule has 0 bridgehead atoms. The van der Waals surface area contributed by atoms with Gasteiger partial charge in [0.1, 0.15) is 11.5 Å². The van der Waals surface area contributed by atoms with Crippen molar-refractivity contribution in [2.45, 2.75) is 20.3 Å². The first kappa shape index (κ1) is 14.5. The molecule has 0 unspecified atom stereocenters. The number of carbonyl (C=O) groups excluding carboxylic acids is 1. The minimum absolute atomic E-state index is 0.0105. The van der Waals surface area contributed by atoms with Gasteiger partial charge in [-0.15, -0.1) is 11.3 Å². The van der Waals surface area contributed by atoms with Crippen molar-refractivity contribution in [2.75, 3.05) is 5.32 Å². The van der Waals surface area contributed by atoms with Crippen LogP contribution in [-0.2, 0) is 11.2 Å². The van der Waals surface area contributed by atoms with E-state index in [0.717, 1.165) is 27.6 Å². The monoisotopic (exact) mass is 312 g/mol. The maximum absolute atomic E-state index is 12.0. The first-order valence-corrected chi connectivity index (χ1v) is 7.86. The van der Waals surface area contributed by atoms with Crippen LogP contribution >= 0.6 is 11.3 Å². The molecular formula is C17H16N2O2S. The number of nitrogens with zero attached hydrogens (tertiary/aromatic N) is 1. The molecule has 0 saturated heterocycles. The zero-order chi connectivity index (χ0) is 15.5. The molecule has 0 fully saturated rings. The largest absolute Gasteiger partial charge is 0.446 e. The topological polar surface area (TPSA) is 55.1 Å². The molecule has 0 aliphatic rings. The van der Waals surface area contributed by atoms with Crippen molar-refractivity contribution in [1.29, 1.82) is 0 Å². The Hall–Kier alpha value is -2.40. The lowest BCUT2D eigenvalue weighted by Gasteiger charge is -2.05. The highest BCUT2D eigenvalue weighted by molar-refractivity contribution is 7.10. The van der Waals surface area contributed by atoms with E-state index in [4.69, 9.17) is 4.42 Å². The highest BCUT2D eigenvalue weighted by Crippen LogP contribution is 2.24. The fourth-order valence-electron chi connectivity index (χ4n) is 2.28. The van der Waals surface area contributed by atoms with E-state index < -0.39 is 0 Å². The number of oxazole rings is 1. The molecule has 0 atom stereocenters. The molecule has 3 aromatic rings. The first-order valence-electron chi connectivity index (χ1n) is 6.98. The van der Waals surface area contributed by atoms with Crippen LogP contribution in [-0.4, -0.2) is 10.9 Å². The number of amides is 1. The summed E-state index contributed by atoms with van der Waals surface area (Å²) >= 11 is 1.59. The summed E-state index contributed by atoms with van der Waals surface area (Å²) in [7, 11) is 0. The third-order valence-corrected chi connectivity index (χ3v) is 4.14. The summed E-state index contributed by atoms with van der Waals surface area (Å²) in [5.74, 6) is 1.44. The van der Waals surface area contributed by atoms with Gasteiger partial charge in [-0.3, -0.25) is 4.79 Å². The average molecular weight is 312 g/mol. The van der Waals surface area contributed by atoms with Gasteiger partial charge in [0, 0.05) is 23.1 Å². The Labute approximate surface area is 132 Å². The maximum Gasteiger partial charge on any atom is 0.229 e. The summed E-state index contributed by atoms with van der Waals surface area (Å²) in [5.41, 5.74) is 2.60. The van der Waals surface area contributed by atoms with Gasteiger partial charge in [0.2, 0.25) is 5.91 Å². The van der Waals surface area contributed by atoms with Gasteiger partial charge in [-0.2, -0.15) is 0 Å². The standard InChI is InChI=1S/C17H16N2O2S/c1-11-17(18-12(2)21-11)13-5-7-14(8-6-13)19-16(20)10-15-4-3-9-22-15/h3-9H,10H2,1-2H3,(H,19,20). The fourth-order valence-corrected chi connectivity index (χ4v) is 2.99. The smallest absolute Gasteiger partial charge is 0.229 e. The van der Waals surface area contributed by atoms with Crippen molar-refractivity contribution in [1.82, 2.24) is 4.98 Å². The highest BCUT2D eigenvalue weighted by atomic mass is 32.1. The Balaban J connectivity index is 1.69. The molecule has 3 rings (SSSR count). The number of hydrogen-bond acceptors (Lipinski definition) is 4. The second kappa shape index (κ2) is 6.15. The summed E-state index contributed by atoms with van der Waals surface area (Å²) < 4.78 is 5.44. The van der Waals surface area contributed by atoms with E-state index in [-0.39, 0.29) is 5.91 Å². The van der Waals surface area contributed by atoms with Crippen LogP contribution in [0.25, 0.3) is 11.3 Å². The van der Waals surface area contributed by atoms with Crippen molar-refractivity contribution < 1.29 is 9.21 Å². The second-order valence-corrected chi connectivity index (χ2v) is 6.05. The second-order valence-electron chi connectivity index (χ2n) is 5.02. The Bertz CT molecular complexity index is 774. The number of aryl methyl sites for hydroxylation is 2. The lowest BCUT2D eigenvalue weighted by atomic mass is 10.1. The Morgan fingerprint density at radius 3 is 2.59 bits per heavy atom. The summed E-state index contributed by atoms with van der Waals surface area (Å²) in [6, 6.07) is 11.5. The van der Waals surface area contributed by atoms with E-state index in [1.807, 2.05) is 55.6 Å². The predicted molar refractivity (Wildman–Crippen MR) is 88.1 cm³/mol. The number of carbonyl (C=O) groups is 1. The quantitative estimate of drug-likeness (QED) is 0.785. The van der Waals surface area contributed by atoms with Gasteiger partial charge in [-0.1, -0.05) is 18.2 Å². The van der Waals surface area contributed by atoms with Crippen LogP contribution in [0, 0.1) is 13.8 Å². The van der Waals surface area contributed by atoms with E-state index in [1.165, 1.54) is 0 Å². The van der Waals surface area contributed by atoms with Gasteiger partial charge in [-0.25, -0.2) is 4.98 Å². The van der Waals surface area contributed by atoms with Crippen LogP contribution in [0.15, 0.2) is 46.2 Å². The zero-order valence-corrected chi connectivity index (χ0v) is 13.2. The van der Waals surface area contributed by atoms with Crippen LogP contribution in [0.5, 0.6) is 0 Å². The summed E-state index contributed by atoms with van der Waals surface area (Å²) in [4.78, 5) is 17.4. The molecule has 112 valence electrons. The molecule has 4 nitrogen and oxygen atoms in total. The number of rotatable bonds is 4. The lowest BCUT2D eigenvalue weighted by Crippen LogP contribution is -2.13. The molecule has 2 heterocycles. The number of benzene rings is 1. The predicted octanol–water partition coefficient (Wildman–Crippen LogP) is 4.20. The van der Waals surface area contributed by atoms with E-state index >= 15 is 0 Å². The van der Waals surface area contributed by atoms with Crippen LogP contribution in [0.4, 0.5) is 5.69 Å². The molecule has 22 heavy (non-hydrogen) atoms. The number of aromatic nitrogens is 1. The van der Waals surface area contributed by atoms with Gasteiger partial charge in [0.15, 0.2) is 5.89 Å². The minimum atomic E-state index is -0.0105. The third kappa shape index (κ3) is 3.26. The minimum Gasteiger partial charge on any atom is -0.446 e. The Morgan fingerprint density at radius 1 is 1.23 bits per heavy atom. The number of thiophene rings is 1. The van der Waals surface area contributed by atoms with Crippen molar-refractivity contribution in [3.8, 4) is 11.3 Å². The molecule has 5 heteroatoms. The van der Waals surface area contributed by atoms with Crippen molar-refractivity contribution >= 4 is 22.9 Å². The lowest BCUT2D eigenvalue weighted by molar-refractivity contribution is -0.115. The molecule has 0 saturated carbocycles. The van der Waals surface area contributed by atoms with Crippen molar-refractivity contribution in [2.24, 2.45) is 0 Å². The molecule has 2 aromatic heterocycles. The Kier molecular flexibility index (Phi) is 4.06. The van der Waals surface area contributed by atoms with E-state index in [0.29, 0.717) is 12.3 Å². The van der Waals surface area contributed by atoms with Gasteiger partial charge in [0.05, 0.1) is 6.42 Å². The molecule has 0 aliphatic heterocycles. The number of anilines is 1. The molecule has 0 radical (unpaired) electrons. The fraction of sp³-hybridized carbons (Fsp3) is 0.176. The third-order valence-electron chi connectivity index (χ3n) is 3.26. The SMILES string of the molecule is Cc1nc(-c2ccc(NC(=O)Cc3cccs3)cc2)c(C)o1. The summed E-state index contributed by atoms with van der Waals surface area (Å²) in [6.45, 7) is 3.72. The van der Waals surface area contributed by atoms with Gasteiger partial charge < -0.3 is 9.73 Å². The van der Waals surface area contributed by atoms with Crippen LogP contribution in [0.3, 0.4) is 0 Å². The number of hydrogen-bond donors (Lipinski definition) is 1. The van der Waals surface area contributed by atoms with Crippen LogP contribution < -0.4 is 5.32 Å². The molecule has 0 spiro atoms. The van der Waals surface area contributed by atoms with Crippen LogP contribution in [0.2, 0.25) is 0 Å². The summed E-state index contributed by atoms with van der Waals surface area (Å²) in [6.07, 6.45) is 0.404. The molecule has 1 aromatic carbocycles.